The zero-order valence-electron chi connectivity index (χ0n) is 60.4. The molecule has 0 aliphatic heterocycles. The molecule has 0 atom stereocenters. The summed E-state index contributed by atoms with van der Waals surface area (Å²) < 4.78 is 0. The van der Waals surface area contributed by atoms with E-state index in [1.165, 1.54) is 525 Å². The Balaban J connectivity index is 3.08. The van der Waals surface area contributed by atoms with E-state index < -0.39 is 0 Å². The molecule has 512 valence electrons. The minimum Gasteiger partial charge on any atom is -0.162 e. The highest BCUT2D eigenvalue weighted by Crippen LogP contribution is 2.22. The summed E-state index contributed by atoms with van der Waals surface area (Å²) in [5.41, 5.74) is 0. The Morgan fingerprint density at radius 1 is 0.0941 bits per heavy atom. The number of rotatable bonds is 82. The molecule has 1 heteroatoms. The number of hydrogen-bond donors (Lipinski definition) is 0. The van der Waals surface area contributed by atoms with Gasteiger partial charge in [-0.15, -0.1) is 0 Å². The third-order valence-electron chi connectivity index (χ3n) is 20.3. The smallest absolute Gasteiger partial charge is 0.00675 e. The Bertz CT molecular complexity index is 984. The van der Waals surface area contributed by atoms with Gasteiger partial charge in [0.05, 0.1) is 0 Å². The van der Waals surface area contributed by atoms with Crippen LogP contribution in [-0.2, 0) is 0 Å². The van der Waals surface area contributed by atoms with Crippen LogP contribution in [0.15, 0.2) is 0 Å². The highest BCUT2D eigenvalue weighted by atomic mass is 32.2. The lowest BCUT2D eigenvalue weighted by Crippen LogP contribution is -1.87. The van der Waals surface area contributed by atoms with Crippen molar-refractivity contribution >= 4 is 11.8 Å². The van der Waals surface area contributed by atoms with Crippen LogP contribution in [0.4, 0.5) is 0 Å². The molecule has 0 spiro atoms. The normalized spacial score (nSPS) is 11.8. The minimum absolute atomic E-state index is 1.37. The Morgan fingerprint density at radius 2 is 0.165 bits per heavy atom. The van der Waals surface area contributed by atoms with E-state index in [4.69, 9.17) is 0 Å². The average molecular weight is 1210 g/mol. The van der Waals surface area contributed by atoms with Gasteiger partial charge in [0, 0.05) is 0 Å². The van der Waals surface area contributed by atoms with Crippen molar-refractivity contribution in [3.63, 3.8) is 0 Å². The molecule has 0 nitrogen and oxygen atoms in total. The second kappa shape index (κ2) is 84.3. The van der Waals surface area contributed by atoms with E-state index in [0.29, 0.717) is 0 Å². The van der Waals surface area contributed by atoms with Crippen LogP contribution < -0.4 is 0 Å². The largest absolute Gasteiger partial charge is 0.162 e. The molecule has 0 aromatic rings. The van der Waals surface area contributed by atoms with Crippen molar-refractivity contribution in [3.8, 4) is 0 Å². The van der Waals surface area contributed by atoms with Gasteiger partial charge in [0.1, 0.15) is 0 Å². The van der Waals surface area contributed by atoms with Crippen LogP contribution in [0, 0.1) is 0 Å². The van der Waals surface area contributed by atoms with E-state index in [0.717, 1.165) is 0 Å². The summed E-state index contributed by atoms with van der Waals surface area (Å²) in [4.78, 5) is 0. The topological polar surface area (TPSA) is 0 Å². The maximum absolute atomic E-state index is 2.32. The molecular formula is C84H170S. The molecule has 0 fully saturated rings. The lowest BCUT2D eigenvalue weighted by atomic mass is 10.0. The molecular weight excluding hydrogens is 1040 g/mol. The van der Waals surface area contributed by atoms with Crippen LogP contribution in [0.1, 0.15) is 528 Å². The Labute approximate surface area is 547 Å². The lowest BCUT2D eigenvalue weighted by molar-refractivity contribution is 0.509. The van der Waals surface area contributed by atoms with Gasteiger partial charge in [-0.1, -0.05) is 515 Å². The van der Waals surface area contributed by atoms with Crippen LogP contribution in [-0.4, -0.2) is 11.5 Å². The van der Waals surface area contributed by atoms with Gasteiger partial charge in [0.15, 0.2) is 0 Å². The van der Waals surface area contributed by atoms with Gasteiger partial charge < -0.3 is 0 Å². The molecule has 0 radical (unpaired) electrons. The molecule has 0 aromatic carbocycles. The third-order valence-corrected chi connectivity index (χ3v) is 21.4. The van der Waals surface area contributed by atoms with Crippen molar-refractivity contribution in [1.29, 1.82) is 0 Å². The van der Waals surface area contributed by atoms with Crippen LogP contribution in [0.25, 0.3) is 0 Å². The van der Waals surface area contributed by atoms with E-state index in [1.54, 1.807) is 0 Å². The SMILES string of the molecule is CCCCCCCCCCCCCCCCCCCCCCCCCCCCCCCCCCCCCCCCCCSCCCCCCCCCCCCCCCCCCCCCCCCCCCCCCCCCCCCCCCCCC. The summed E-state index contributed by atoms with van der Waals surface area (Å²) in [5.74, 6) is 2.83. The summed E-state index contributed by atoms with van der Waals surface area (Å²) in [6.45, 7) is 4.63. The molecule has 0 aliphatic rings. The van der Waals surface area contributed by atoms with Crippen LogP contribution in [0.3, 0.4) is 0 Å². The summed E-state index contributed by atoms with van der Waals surface area (Å²) >= 11 is 2.25. The predicted octanol–water partition coefficient (Wildman–Crippen LogP) is 33.0. The molecule has 0 aliphatic carbocycles. The molecule has 0 aromatic heterocycles. The molecule has 0 saturated heterocycles. The molecule has 0 saturated carbocycles. The summed E-state index contributed by atoms with van der Waals surface area (Å²) in [6.07, 6.45) is 119. The van der Waals surface area contributed by atoms with E-state index >= 15 is 0 Å². The molecule has 0 bridgehead atoms. The van der Waals surface area contributed by atoms with Gasteiger partial charge >= 0.3 is 0 Å². The maximum Gasteiger partial charge on any atom is -0.00675 e. The first kappa shape index (κ1) is 85.3. The van der Waals surface area contributed by atoms with Crippen molar-refractivity contribution in [2.75, 3.05) is 11.5 Å². The average Bonchev–Trinajstić information content (AvgIpc) is 3.51. The van der Waals surface area contributed by atoms with Crippen LogP contribution in [0.5, 0.6) is 0 Å². The quantitative estimate of drug-likeness (QED) is 0.0547. The van der Waals surface area contributed by atoms with E-state index in [2.05, 4.69) is 25.6 Å². The van der Waals surface area contributed by atoms with Crippen molar-refractivity contribution < 1.29 is 0 Å². The number of hydrogen-bond acceptors (Lipinski definition) is 1. The first-order valence-corrected chi connectivity index (χ1v) is 43.1. The van der Waals surface area contributed by atoms with E-state index in [9.17, 15) is 0 Å². The summed E-state index contributed by atoms with van der Waals surface area (Å²) in [6, 6.07) is 0. The standard InChI is InChI=1S/C84H170S/c1-3-5-7-9-11-13-15-17-19-21-23-25-27-29-31-33-35-37-39-41-43-45-47-49-51-53-55-57-59-61-63-65-67-69-71-73-75-77-79-81-83-85-84-82-80-78-76-74-72-70-68-66-64-62-60-58-56-54-52-50-48-46-44-42-40-38-36-34-32-30-28-26-24-22-20-18-16-14-12-10-8-6-4-2/h3-84H2,1-2H3. The third kappa shape index (κ3) is 84.3. The second-order valence-corrected chi connectivity index (χ2v) is 30.4. The summed E-state index contributed by atoms with van der Waals surface area (Å²) in [7, 11) is 0. The highest BCUT2D eigenvalue weighted by molar-refractivity contribution is 7.99. The highest BCUT2D eigenvalue weighted by Gasteiger charge is 2.02. The first-order chi connectivity index (χ1) is 42.4. The van der Waals surface area contributed by atoms with Crippen molar-refractivity contribution in [3.05, 3.63) is 0 Å². The van der Waals surface area contributed by atoms with Gasteiger partial charge in [0.2, 0.25) is 0 Å². The zero-order valence-corrected chi connectivity index (χ0v) is 61.2. The van der Waals surface area contributed by atoms with Gasteiger partial charge in [0.25, 0.3) is 0 Å². The van der Waals surface area contributed by atoms with Crippen molar-refractivity contribution in [2.45, 2.75) is 528 Å². The van der Waals surface area contributed by atoms with Crippen molar-refractivity contribution in [2.24, 2.45) is 0 Å². The molecule has 0 N–H and O–H groups in total. The van der Waals surface area contributed by atoms with Crippen LogP contribution >= 0.6 is 11.8 Å². The van der Waals surface area contributed by atoms with Crippen molar-refractivity contribution in [1.82, 2.24) is 0 Å². The summed E-state index contributed by atoms with van der Waals surface area (Å²) in [5, 5.41) is 0. The molecule has 85 heavy (non-hydrogen) atoms. The second-order valence-electron chi connectivity index (χ2n) is 29.2. The monoisotopic (exact) mass is 1210 g/mol. The Hall–Kier alpha value is 0.350. The van der Waals surface area contributed by atoms with Gasteiger partial charge in [-0.05, 0) is 24.3 Å². The van der Waals surface area contributed by atoms with E-state index in [1.807, 2.05) is 0 Å². The van der Waals surface area contributed by atoms with Crippen LogP contribution in [0.2, 0.25) is 0 Å². The Kier molecular flexibility index (Phi) is 84.7. The fourth-order valence-corrected chi connectivity index (χ4v) is 15.1. The van der Waals surface area contributed by atoms with E-state index in [-0.39, 0.29) is 0 Å². The van der Waals surface area contributed by atoms with Gasteiger partial charge in [-0.25, -0.2) is 0 Å². The fourth-order valence-electron chi connectivity index (χ4n) is 14.1. The lowest BCUT2D eigenvalue weighted by Gasteiger charge is -2.05. The molecule has 0 amide bonds. The zero-order chi connectivity index (χ0) is 60.7. The first-order valence-electron chi connectivity index (χ1n) is 42.0. The van der Waals surface area contributed by atoms with Gasteiger partial charge in [-0.3, -0.25) is 0 Å². The minimum atomic E-state index is 1.37. The number of thioether (sulfide) groups is 1. The Morgan fingerprint density at radius 3 is 0.247 bits per heavy atom. The molecule has 0 heterocycles. The fraction of sp³-hybridized carbons (Fsp3) is 1.00. The predicted molar refractivity (Wildman–Crippen MR) is 398 cm³/mol. The maximum atomic E-state index is 2.32. The van der Waals surface area contributed by atoms with Gasteiger partial charge in [-0.2, -0.15) is 11.8 Å². The molecule has 0 rings (SSSR count). The number of unbranched alkanes of at least 4 members (excludes halogenated alkanes) is 78. The molecule has 0 unspecified atom stereocenters.